The largest absolute Gasteiger partial charge is 0.508 e. The molecule has 0 saturated heterocycles. The Hall–Kier alpha value is -3.68. The van der Waals surface area contributed by atoms with Crippen LogP contribution in [0.2, 0.25) is 0 Å². The third kappa shape index (κ3) is 3.71. The van der Waals surface area contributed by atoms with Gasteiger partial charge in [0, 0.05) is 11.5 Å². The third-order valence-electron chi connectivity index (χ3n) is 4.39. The normalized spacial score (nSPS) is 10.7. The highest BCUT2D eigenvalue weighted by Crippen LogP contribution is 2.24. The maximum atomic E-state index is 12.5. The number of hydrogen-bond donors (Lipinski definition) is 2. The zero-order chi connectivity index (χ0) is 20.4. The summed E-state index contributed by atoms with van der Waals surface area (Å²) >= 11 is 0. The highest BCUT2D eigenvalue weighted by atomic mass is 16.5. The van der Waals surface area contributed by atoms with Gasteiger partial charge < -0.3 is 19.6 Å². The first-order valence-corrected chi connectivity index (χ1v) is 8.40. The van der Waals surface area contributed by atoms with Crippen LogP contribution in [0.25, 0.3) is 11.0 Å². The minimum atomic E-state index is -0.637. The molecule has 2 heterocycles. The Bertz CT molecular complexity index is 1150. The molecule has 0 aliphatic heterocycles. The molecule has 8 heteroatoms. The minimum Gasteiger partial charge on any atom is -0.508 e. The van der Waals surface area contributed by atoms with E-state index < -0.39 is 17.5 Å². The molecule has 144 valence electrons. The van der Waals surface area contributed by atoms with Crippen molar-refractivity contribution < 1.29 is 23.8 Å². The molecule has 2 aromatic heterocycles. The summed E-state index contributed by atoms with van der Waals surface area (Å²) in [6.45, 7) is 3.43. The van der Waals surface area contributed by atoms with E-state index in [1.807, 2.05) is 0 Å². The number of anilines is 1. The van der Waals surface area contributed by atoms with Gasteiger partial charge in [-0.15, -0.1) is 0 Å². The molecule has 0 bridgehead atoms. The minimum absolute atomic E-state index is 0.0149. The van der Waals surface area contributed by atoms with Gasteiger partial charge in [-0.25, -0.2) is 14.6 Å². The van der Waals surface area contributed by atoms with Crippen LogP contribution < -0.4 is 10.9 Å². The number of benzene rings is 1. The van der Waals surface area contributed by atoms with Crippen molar-refractivity contribution in [1.29, 1.82) is 0 Å². The lowest BCUT2D eigenvalue weighted by molar-refractivity contribution is -0.115. The Labute approximate surface area is 159 Å². The lowest BCUT2D eigenvalue weighted by Gasteiger charge is -2.11. The van der Waals surface area contributed by atoms with Gasteiger partial charge in [0.15, 0.2) is 0 Å². The number of ether oxygens (including phenoxy) is 1. The van der Waals surface area contributed by atoms with Crippen molar-refractivity contribution in [3.8, 4) is 5.75 Å². The van der Waals surface area contributed by atoms with Crippen molar-refractivity contribution in [2.75, 3.05) is 12.4 Å². The zero-order valence-corrected chi connectivity index (χ0v) is 15.5. The van der Waals surface area contributed by atoms with E-state index in [4.69, 9.17) is 4.42 Å². The van der Waals surface area contributed by atoms with Gasteiger partial charge in [-0.1, -0.05) is 0 Å². The van der Waals surface area contributed by atoms with Gasteiger partial charge in [0.05, 0.1) is 31.0 Å². The highest BCUT2D eigenvalue weighted by molar-refractivity contribution is 5.94. The van der Waals surface area contributed by atoms with Crippen molar-refractivity contribution in [1.82, 2.24) is 4.98 Å². The molecule has 0 saturated carbocycles. The van der Waals surface area contributed by atoms with Gasteiger partial charge in [-0.3, -0.25) is 4.79 Å². The second-order valence-electron chi connectivity index (χ2n) is 6.27. The van der Waals surface area contributed by atoms with Crippen molar-refractivity contribution >= 4 is 28.5 Å². The number of aromatic hydroxyl groups is 1. The first-order chi connectivity index (χ1) is 13.3. The Morgan fingerprint density at radius 2 is 2.00 bits per heavy atom. The van der Waals surface area contributed by atoms with Crippen LogP contribution in [0, 0.1) is 13.8 Å². The summed E-state index contributed by atoms with van der Waals surface area (Å²) in [5.74, 6) is -1.01. The van der Waals surface area contributed by atoms with Crippen LogP contribution in [0.3, 0.4) is 0 Å². The maximum absolute atomic E-state index is 12.5. The summed E-state index contributed by atoms with van der Waals surface area (Å²) in [5.41, 5.74) is 1.63. The maximum Gasteiger partial charge on any atom is 0.356 e. The summed E-state index contributed by atoms with van der Waals surface area (Å²) < 4.78 is 9.83. The smallest absolute Gasteiger partial charge is 0.356 e. The molecule has 0 unspecified atom stereocenters. The molecule has 1 amide bonds. The molecule has 0 atom stereocenters. The first kappa shape index (κ1) is 19.1. The second-order valence-corrected chi connectivity index (χ2v) is 6.27. The van der Waals surface area contributed by atoms with Crippen molar-refractivity contribution in [3.63, 3.8) is 0 Å². The van der Waals surface area contributed by atoms with Crippen LogP contribution >= 0.6 is 0 Å². The Balaban J connectivity index is 1.85. The predicted molar refractivity (Wildman–Crippen MR) is 102 cm³/mol. The number of methoxy groups -OCH3 is 1. The first-order valence-electron chi connectivity index (χ1n) is 8.40. The van der Waals surface area contributed by atoms with Gasteiger partial charge in [0.1, 0.15) is 17.0 Å². The Morgan fingerprint density at radius 3 is 2.68 bits per heavy atom. The molecule has 0 fully saturated rings. The molecular weight excluding hydrogens is 364 g/mol. The quantitative estimate of drug-likeness (QED) is 0.525. The molecule has 0 aliphatic rings. The molecule has 2 N–H and O–H groups in total. The molecule has 28 heavy (non-hydrogen) atoms. The van der Waals surface area contributed by atoms with E-state index in [9.17, 15) is 19.5 Å². The van der Waals surface area contributed by atoms with E-state index >= 15 is 0 Å². The summed E-state index contributed by atoms with van der Waals surface area (Å²) in [7, 11) is 1.26. The Kier molecular flexibility index (Phi) is 5.12. The second kappa shape index (κ2) is 7.51. The number of esters is 1. The number of aromatic nitrogens is 1. The summed E-state index contributed by atoms with van der Waals surface area (Å²) in [4.78, 5) is 40.2. The predicted octanol–water partition coefficient (Wildman–Crippen LogP) is 2.48. The molecule has 3 rings (SSSR count). The SMILES string of the molecule is COC(=O)c1cc(C)c(NC(=O)Cc2c(C)c3ccc(O)cc3oc2=O)cn1. The molecule has 8 nitrogen and oxygen atoms in total. The van der Waals surface area contributed by atoms with E-state index in [2.05, 4.69) is 15.0 Å². The summed E-state index contributed by atoms with van der Waals surface area (Å²) in [5, 5.41) is 12.8. The van der Waals surface area contributed by atoms with Gasteiger partial charge in [0.25, 0.3) is 0 Å². The van der Waals surface area contributed by atoms with Crippen LogP contribution in [-0.2, 0) is 16.0 Å². The number of pyridine rings is 1. The number of nitrogens with one attached hydrogen (secondary N) is 1. The number of carbonyl (C=O) groups excluding carboxylic acids is 2. The van der Waals surface area contributed by atoms with Crippen molar-refractivity contribution in [2.45, 2.75) is 20.3 Å². The fourth-order valence-electron chi connectivity index (χ4n) is 2.85. The van der Waals surface area contributed by atoms with Gasteiger partial charge in [0.2, 0.25) is 5.91 Å². The standard InChI is InChI=1S/C20H18N2O6/c1-10-6-15(20(26)27-3)21-9-16(10)22-18(24)8-14-11(2)13-5-4-12(23)7-17(13)28-19(14)25/h4-7,9,23H,8H2,1-3H3,(H,22,24). The van der Waals surface area contributed by atoms with Crippen LogP contribution in [-0.4, -0.2) is 29.1 Å². The van der Waals surface area contributed by atoms with Crippen LogP contribution in [0.1, 0.15) is 27.2 Å². The molecule has 0 radical (unpaired) electrons. The highest BCUT2D eigenvalue weighted by Gasteiger charge is 2.17. The Morgan fingerprint density at radius 1 is 1.25 bits per heavy atom. The number of carbonyl (C=O) groups is 2. The number of aryl methyl sites for hydroxylation is 2. The van der Waals surface area contributed by atoms with Crippen LogP contribution in [0.5, 0.6) is 5.75 Å². The molecular formula is C20H18N2O6. The lowest BCUT2D eigenvalue weighted by Crippen LogP contribution is -2.21. The monoisotopic (exact) mass is 382 g/mol. The van der Waals surface area contributed by atoms with E-state index in [0.29, 0.717) is 22.2 Å². The lowest BCUT2D eigenvalue weighted by atomic mass is 10.0. The van der Waals surface area contributed by atoms with E-state index in [-0.39, 0.29) is 29.0 Å². The van der Waals surface area contributed by atoms with Crippen LogP contribution in [0.15, 0.2) is 39.7 Å². The number of phenols is 1. The van der Waals surface area contributed by atoms with Gasteiger partial charge in [-0.05, 0) is 43.2 Å². The number of fused-ring (bicyclic) bond motifs is 1. The number of rotatable bonds is 4. The topological polar surface area (TPSA) is 119 Å². The van der Waals surface area contributed by atoms with Crippen molar-refractivity contribution in [3.05, 3.63) is 63.3 Å². The summed E-state index contributed by atoms with van der Waals surface area (Å²) in [6, 6.07) is 5.97. The van der Waals surface area contributed by atoms with E-state index in [0.717, 1.165) is 0 Å². The van der Waals surface area contributed by atoms with E-state index in [1.54, 1.807) is 19.9 Å². The molecule has 0 spiro atoms. The zero-order valence-electron chi connectivity index (χ0n) is 15.5. The van der Waals surface area contributed by atoms with Crippen molar-refractivity contribution in [2.24, 2.45) is 0 Å². The number of amides is 1. The number of hydrogen-bond acceptors (Lipinski definition) is 7. The van der Waals surface area contributed by atoms with E-state index in [1.165, 1.54) is 31.5 Å². The average molecular weight is 382 g/mol. The fourth-order valence-corrected chi connectivity index (χ4v) is 2.85. The van der Waals surface area contributed by atoms with Gasteiger partial charge >= 0.3 is 11.6 Å². The molecule has 0 aliphatic carbocycles. The summed E-state index contributed by atoms with van der Waals surface area (Å²) in [6.07, 6.45) is 1.17. The fraction of sp³-hybridized carbons (Fsp3) is 0.200. The molecule has 3 aromatic rings. The van der Waals surface area contributed by atoms with Crippen LogP contribution in [0.4, 0.5) is 5.69 Å². The number of nitrogens with zero attached hydrogens (tertiary/aromatic N) is 1. The van der Waals surface area contributed by atoms with Gasteiger partial charge in [-0.2, -0.15) is 0 Å². The third-order valence-corrected chi connectivity index (χ3v) is 4.39. The molecule has 1 aromatic carbocycles. The number of phenolic OH excluding ortho intramolecular Hbond substituents is 1. The average Bonchev–Trinajstić information content (AvgIpc) is 2.65.